The van der Waals surface area contributed by atoms with Crippen LogP contribution in [0.25, 0.3) is 0 Å². The number of rotatable bonds is 4. The van der Waals surface area contributed by atoms with Gasteiger partial charge in [-0.1, -0.05) is 30.3 Å². The van der Waals surface area contributed by atoms with Crippen molar-refractivity contribution in [1.82, 2.24) is 0 Å². The van der Waals surface area contributed by atoms with Crippen LogP contribution in [-0.2, 0) is 16.1 Å². The standard InChI is InChI=1S/C13H16O2/c14-13-7-6-12(8-13)10-15-9-11-4-2-1-3-5-11/h1-5,12H,6-10H2. The van der Waals surface area contributed by atoms with Gasteiger partial charge in [-0.25, -0.2) is 0 Å². The first-order valence-corrected chi connectivity index (χ1v) is 5.48. The van der Waals surface area contributed by atoms with E-state index in [9.17, 15) is 4.79 Å². The fourth-order valence-corrected chi connectivity index (χ4v) is 1.95. The molecule has 1 aromatic rings. The first kappa shape index (κ1) is 10.4. The van der Waals surface area contributed by atoms with Crippen molar-refractivity contribution >= 4 is 5.78 Å². The monoisotopic (exact) mass is 204 g/mol. The Morgan fingerprint density at radius 2 is 2.07 bits per heavy atom. The Labute approximate surface area is 90.3 Å². The van der Waals surface area contributed by atoms with Gasteiger partial charge in [0.25, 0.3) is 0 Å². The molecule has 0 spiro atoms. The molecule has 0 amide bonds. The van der Waals surface area contributed by atoms with E-state index in [4.69, 9.17) is 4.74 Å². The second-order valence-electron chi connectivity index (χ2n) is 4.15. The fourth-order valence-electron chi connectivity index (χ4n) is 1.95. The molecule has 80 valence electrons. The average molecular weight is 204 g/mol. The summed E-state index contributed by atoms with van der Waals surface area (Å²) >= 11 is 0. The Kier molecular flexibility index (Phi) is 3.51. The minimum absolute atomic E-state index is 0.392. The number of ether oxygens (including phenoxy) is 1. The van der Waals surface area contributed by atoms with Gasteiger partial charge in [-0.3, -0.25) is 4.79 Å². The van der Waals surface area contributed by atoms with Crippen LogP contribution >= 0.6 is 0 Å². The lowest BCUT2D eigenvalue weighted by Gasteiger charge is -2.08. The van der Waals surface area contributed by atoms with Gasteiger partial charge in [0.05, 0.1) is 13.2 Å². The maximum Gasteiger partial charge on any atom is 0.133 e. The third-order valence-electron chi connectivity index (χ3n) is 2.81. The summed E-state index contributed by atoms with van der Waals surface area (Å²) < 4.78 is 5.60. The molecule has 1 aromatic carbocycles. The van der Waals surface area contributed by atoms with Crippen molar-refractivity contribution in [1.29, 1.82) is 0 Å². The highest BCUT2D eigenvalue weighted by atomic mass is 16.5. The Hall–Kier alpha value is -1.15. The molecule has 15 heavy (non-hydrogen) atoms. The topological polar surface area (TPSA) is 26.3 Å². The molecule has 2 heteroatoms. The molecule has 0 bridgehead atoms. The molecule has 1 aliphatic rings. The molecule has 0 aromatic heterocycles. The molecular formula is C13H16O2. The SMILES string of the molecule is O=C1CCC(COCc2ccccc2)C1. The Morgan fingerprint density at radius 1 is 1.27 bits per heavy atom. The number of ketones is 1. The minimum atomic E-state index is 0.392. The summed E-state index contributed by atoms with van der Waals surface area (Å²) in [5.74, 6) is 0.851. The highest BCUT2D eigenvalue weighted by molar-refractivity contribution is 5.80. The molecule has 0 N–H and O–H groups in total. The number of Topliss-reactive ketones (excluding diaryl/α,β-unsaturated/α-hetero) is 1. The van der Waals surface area contributed by atoms with Gasteiger partial charge in [-0.15, -0.1) is 0 Å². The molecule has 0 aliphatic heterocycles. The molecule has 0 saturated heterocycles. The largest absolute Gasteiger partial charge is 0.376 e. The second-order valence-corrected chi connectivity index (χ2v) is 4.15. The lowest BCUT2D eigenvalue weighted by atomic mass is 10.1. The molecule has 1 aliphatic carbocycles. The van der Waals surface area contributed by atoms with Crippen LogP contribution in [0.5, 0.6) is 0 Å². The smallest absolute Gasteiger partial charge is 0.133 e. The van der Waals surface area contributed by atoms with E-state index in [0.29, 0.717) is 18.3 Å². The van der Waals surface area contributed by atoms with E-state index < -0.39 is 0 Å². The molecule has 1 fully saturated rings. The summed E-state index contributed by atoms with van der Waals surface area (Å²) in [5, 5.41) is 0. The van der Waals surface area contributed by atoms with E-state index >= 15 is 0 Å². The van der Waals surface area contributed by atoms with E-state index in [1.165, 1.54) is 5.56 Å². The summed E-state index contributed by atoms with van der Waals surface area (Å²) in [6.45, 7) is 1.38. The summed E-state index contributed by atoms with van der Waals surface area (Å²) in [6.07, 6.45) is 2.47. The predicted octanol–water partition coefficient (Wildman–Crippen LogP) is 2.57. The molecule has 1 unspecified atom stereocenters. The van der Waals surface area contributed by atoms with E-state index in [1.807, 2.05) is 18.2 Å². The molecular weight excluding hydrogens is 188 g/mol. The average Bonchev–Trinajstić information content (AvgIpc) is 2.66. The van der Waals surface area contributed by atoms with Crippen molar-refractivity contribution < 1.29 is 9.53 Å². The zero-order valence-electron chi connectivity index (χ0n) is 8.82. The first-order chi connectivity index (χ1) is 7.34. The van der Waals surface area contributed by atoms with Gasteiger partial charge in [-0.05, 0) is 17.9 Å². The van der Waals surface area contributed by atoms with Crippen LogP contribution in [0, 0.1) is 5.92 Å². The van der Waals surface area contributed by atoms with Gasteiger partial charge < -0.3 is 4.74 Å². The van der Waals surface area contributed by atoms with Crippen LogP contribution < -0.4 is 0 Å². The highest BCUT2D eigenvalue weighted by Gasteiger charge is 2.21. The van der Waals surface area contributed by atoms with Crippen LogP contribution in [0.1, 0.15) is 24.8 Å². The molecule has 0 heterocycles. The van der Waals surface area contributed by atoms with Gasteiger partial charge in [0.2, 0.25) is 0 Å². The van der Waals surface area contributed by atoms with Gasteiger partial charge in [0.15, 0.2) is 0 Å². The summed E-state index contributed by atoms with van der Waals surface area (Å²) in [6, 6.07) is 10.1. The number of carbonyl (C=O) groups is 1. The molecule has 0 radical (unpaired) electrons. The number of hydrogen-bond donors (Lipinski definition) is 0. The highest BCUT2D eigenvalue weighted by Crippen LogP contribution is 2.22. The van der Waals surface area contributed by atoms with Crippen molar-refractivity contribution in [3.05, 3.63) is 35.9 Å². The fraction of sp³-hybridized carbons (Fsp3) is 0.462. The number of benzene rings is 1. The lowest BCUT2D eigenvalue weighted by Crippen LogP contribution is -2.06. The predicted molar refractivity (Wildman–Crippen MR) is 58.4 cm³/mol. The summed E-state index contributed by atoms with van der Waals surface area (Å²) in [5.41, 5.74) is 1.20. The Balaban J connectivity index is 1.69. The van der Waals surface area contributed by atoms with Crippen molar-refractivity contribution in [2.24, 2.45) is 5.92 Å². The molecule has 1 saturated carbocycles. The van der Waals surface area contributed by atoms with Crippen LogP contribution in [-0.4, -0.2) is 12.4 Å². The van der Waals surface area contributed by atoms with Crippen LogP contribution in [0.3, 0.4) is 0 Å². The van der Waals surface area contributed by atoms with Crippen LogP contribution in [0.4, 0.5) is 0 Å². The lowest BCUT2D eigenvalue weighted by molar-refractivity contribution is -0.117. The minimum Gasteiger partial charge on any atom is -0.376 e. The maximum absolute atomic E-state index is 11.0. The normalized spacial score (nSPS) is 20.8. The molecule has 2 nitrogen and oxygen atoms in total. The van der Waals surface area contributed by atoms with E-state index in [2.05, 4.69) is 12.1 Å². The van der Waals surface area contributed by atoms with Crippen molar-refractivity contribution in [3.63, 3.8) is 0 Å². The third kappa shape index (κ3) is 3.17. The van der Waals surface area contributed by atoms with Crippen molar-refractivity contribution in [2.75, 3.05) is 6.61 Å². The zero-order chi connectivity index (χ0) is 10.5. The van der Waals surface area contributed by atoms with Crippen LogP contribution in [0.2, 0.25) is 0 Å². The molecule has 2 rings (SSSR count). The quantitative estimate of drug-likeness (QED) is 0.753. The van der Waals surface area contributed by atoms with Gasteiger partial charge in [-0.2, -0.15) is 0 Å². The van der Waals surface area contributed by atoms with E-state index in [0.717, 1.165) is 25.9 Å². The Bertz CT molecular complexity index is 319. The van der Waals surface area contributed by atoms with Crippen molar-refractivity contribution in [2.45, 2.75) is 25.9 Å². The maximum atomic E-state index is 11.0. The number of carbonyl (C=O) groups excluding carboxylic acids is 1. The zero-order valence-corrected chi connectivity index (χ0v) is 8.82. The van der Waals surface area contributed by atoms with Gasteiger partial charge in [0.1, 0.15) is 5.78 Å². The van der Waals surface area contributed by atoms with Gasteiger partial charge in [0, 0.05) is 12.8 Å². The van der Waals surface area contributed by atoms with E-state index in [1.54, 1.807) is 0 Å². The third-order valence-corrected chi connectivity index (χ3v) is 2.81. The first-order valence-electron chi connectivity index (χ1n) is 5.48. The van der Waals surface area contributed by atoms with Crippen molar-refractivity contribution in [3.8, 4) is 0 Å². The van der Waals surface area contributed by atoms with Crippen LogP contribution in [0.15, 0.2) is 30.3 Å². The molecule has 1 atom stereocenters. The van der Waals surface area contributed by atoms with Gasteiger partial charge >= 0.3 is 0 Å². The van der Waals surface area contributed by atoms with E-state index in [-0.39, 0.29) is 0 Å². The second kappa shape index (κ2) is 5.08. The summed E-state index contributed by atoms with van der Waals surface area (Å²) in [4.78, 5) is 11.0. The Morgan fingerprint density at radius 3 is 2.73 bits per heavy atom. The summed E-state index contributed by atoms with van der Waals surface area (Å²) in [7, 11) is 0. The number of hydrogen-bond acceptors (Lipinski definition) is 2.